The third-order valence-electron chi connectivity index (χ3n) is 3.72. The lowest BCUT2D eigenvalue weighted by atomic mass is 10.1. The molecular weight excluding hydrogens is 280 g/mol. The number of hydrogen-bond acceptors (Lipinski definition) is 2. The number of nitrogens with zero attached hydrogens (tertiary/aromatic N) is 1. The van der Waals surface area contributed by atoms with E-state index < -0.39 is 5.97 Å². The van der Waals surface area contributed by atoms with Crippen LogP contribution in [0.25, 0.3) is 0 Å². The maximum Gasteiger partial charge on any atom is 0.306 e. The topological polar surface area (TPSA) is 71.3 Å². The minimum absolute atomic E-state index is 0.0714. The molecular formula is C14H19ClN2O3. The molecule has 1 heterocycles. The van der Waals surface area contributed by atoms with Gasteiger partial charge in [-0.25, -0.2) is 0 Å². The number of aromatic nitrogens is 1. The first-order valence-corrected chi connectivity index (χ1v) is 7.17. The predicted octanol–water partition coefficient (Wildman–Crippen LogP) is 2.71. The highest BCUT2D eigenvalue weighted by Gasteiger charge is 2.31. The Morgan fingerprint density at radius 3 is 2.70 bits per heavy atom. The van der Waals surface area contributed by atoms with Gasteiger partial charge < -0.3 is 15.0 Å². The highest BCUT2D eigenvalue weighted by molar-refractivity contribution is 6.31. The molecule has 1 aromatic rings. The molecule has 1 saturated carbocycles. The Morgan fingerprint density at radius 1 is 1.45 bits per heavy atom. The molecule has 5 nitrogen and oxygen atoms in total. The van der Waals surface area contributed by atoms with Crippen molar-refractivity contribution in [3.05, 3.63) is 23.0 Å². The summed E-state index contributed by atoms with van der Waals surface area (Å²) in [6.45, 7) is 3.95. The molecule has 2 rings (SSSR count). The highest BCUT2D eigenvalue weighted by Crippen LogP contribution is 2.26. The molecule has 110 valence electrons. The fourth-order valence-electron chi connectivity index (χ4n) is 2.65. The van der Waals surface area contributed by atoms with Gasteiger partial charge in [-0.3, -0.25) is 9.59 Å². The van der Waals surface area contributed by atoms with Crippen molar-refractivity contribution < 1.29 is 14.7 Å². The van der Waals surface area contributed by atoms with Crippen LogP contribution in [0.15, 0.2) is 12.3 Å². The summed E-state index contributed by atoms with van der Waals surface area (Å²) < 4.78 is 1.82. The molecule has 2 N–H and O–H groups in total. The molecule has 0 radical (unpaired) electrons. The molecule has 2 unspecified atom stereocenters. The summed E-state index contributed by atoms with van der Waals surface area (Å²) in [6, 6.07) is 1.71. The Bertz CT molecular complexity index is 524. The SMILES string of the molecule is CC(C)n1cc(Cl)cc1C(=O)NC1CCC(C(=O)O)C1. The van der Waals surface area contributed by atoms with Crippen LogP contribution in [0.1, 0.15) is 49.6 Å². The number of halogens is 1. The molecule has 0 spiro atoms. The van der Waals surface area contributed by atoms with Crippen LogP contribution in [0.5, 0.6) is 0 Å². The number of carboxylic acid groups (broad SMARTS) is 1. The van der Waals surface area contributed by atoms with Crippen LogP contribution < -0.4 is 5.32 Å². The first kappa shape index (κ1) is 14.9. The maximum atomic E-state index is 12.3. The van der Waals surface area contributed by atoms with Gasteiger partial charge in [-0.2, -0.15) is 0 Å². The van der Waals surface area contributed by atoms with Crippen molar-refractivity contribution in [2.24, 2.45) is 5.92 Å². The molecule has 0 aliphatic heterocycles. The monoisotopic (exact) mass is 298 g/mol. The third-order valence-corrected chi connectivity index (χ3v) is 3.93. The van der Waals surface area contributed by atoms with E-state index in [0.29, 0.717) is 30.0 Å². The van der Waals surface area contributed by atoms with E-state index in [-0.39, 0.29) is 23.9 Å². The fourth-order valence-corrected chi connectivity index (χ4v) is 2.86. The van der Waals surface area contributed by atoms with Crippen LogP contribution in [0, 0.1) is 5.92 Å². The molecule has 0 bridgehead atoms. The summed E-state index contributed by atoms with van der Waals surface area (Å²) in [5.41, 5.74) is 0.517. The van der Waals surface area contributed by atoms with Crippen LogP contribution in [-0.2, 0) is 4.79 Å². The molecule has 2 atom stereocenters. The molecule has 1 aliphatic carbocycles. The van der Waals surface area contributed by atoms with Crippen molar-refractivity contribution in [1.29, 1.82) is 0 Å². The van der Waals surface area contributed by atoms with Crippen molar-refractivity contribution in [3.8, 4) is 0 Å². The summed E-state index contributed by atoms with van der Waals surface area (Å²) in [7, 11) is 0. The summed E-state index contributed by atoms with van der Waals surface area (Å²) in [4.78, 5) is 23.2. The molecule has 1 aliphatic rings. The number of amides is 1. The first-order valence-electron chi connectivity index (χ1n) is 6.79. The average molecular weight is 299 g/mol. The quantitative estimate of drug-likeness (QED) is 0.898. The minimum Gasteiger partial charge on any atom is -0.481 e. The fraction of sp³-hybridized carbons (Fsp3) is 0.571. The number of carbonyl (C=O) groups excluding carboxylic acids is 1. The van der Waals surface area contributed by atoms with Crippen LogP contribution in [0.4, 0.5) is 0 Å². The minimum atomic E-state index is -0.782. The van der Waals surface area contributed by atoms with Crippen molar-refractivity contribution in [2.75, 3.05) is 0 Å². The summed E-state index contributed by atoms with van der Waals surface area (Å²) in [5, 5.41) is 12.4. The normalized spacial score (nSPS) is 22.2. The Labute approximate surface area is 122 Å². The number of carboxylic acids is 1. The molecule has 1 aromatic heterocycles. The number of aliphatic carboxylic acids is 1. The van der Waals surface area contributed by atoms with Crippen LogP contribution in [0.3, 0.4) is 0 Å². The Kier molecular flexibility index (Phi) is 4.38. The van der Waals surface area contributed by atoms with Crippen molar-refractivity contribution >= 4 is 23.5 Å². The van der Waals surface area contributed by atoms with Crippen molar-refractivity contribution in [2.45, 2.75) is 45.2 Å². The van der Waals surface area contributed by atoms with Gasteiger partial charge in [0.2, 0.25) is 0 Å². The van der Waals surface area contributed by atoms with E-state index in [2.05, 4.69) is 5.32 Å². The molecule has 1 amide bonds. The lowest BCUT2D eigenvalue weighted by Gasteiger charge is -2.16. The van der Waals surface area contributed by atoms with Gasteiger partial charge in [0, 0.05) is 18.3 Å². The van der Waals surface area contributed by atoms with Crippen molar-refractivity contribution in [3.63, 3.8) is 0 Å². The summed E-state index contributed by atoms with van der Waals surface area (Å²) >= 11 is 5.96. The van der Waals surface area contributed by atoms with E-state index in [1.165, 1.54) is 0 Å². The Hall–Kier alpha value is -1.49. The lowest BCUT2D eigenvalue weighted by Crippen LogP contribution is -2.34. The zero-order valence-electron chi connectivity index (χ0n) is 11.6. The van der Waals surface area contributed by atoms with E-state index in [9.17, 15) is 9.59 Å². The predicted molar refractivity (Wildman–Crippen MR) is 76.1 cm³/mol. The number of carbonyl (C=O) groups is 2. The van der Waals surface area contributed by atoms with Crippen LogP contribution >= 0.6 is 11.6 Å². The third kappa shape index (κ3) is 3.15. The molecule has 1 fully saturated rings. The zero-order valence-corrected chi connectivity index (χ0v) is 12.4. The molecule has 0 aromatic carbocycles. The van der Waals surface area contributed by atoms with E-state index in [4.69, 9.17) is 16.7 Å². The number of rotatable bonds is 4. The second-order valence-electron chi connectivity index (χ2n) is 5.56. The smallest absolute Gasteiger partial charge is 0.306 e. The van der Waals surface area contributed by atoms with Gasteiger partial charge >= 0.3 is 5.97 Å². The first-order chi connectivity index (χ1) is 9.38. The zero-order chi connectivity index (χ0) is 14.9. The van der Waals surface area contributed by atoms with Gasteiger partial charge in [-0.1, -0.05) is 11.6 Å². The van der Waals surface area contributed by atoms with E-state index in [0.717, 1.165) is 0 Å². The molecule has 6 heteroatoms. The van der Waals surface area contributed by atoms with Crippen LogP contribution in [-0.4, -0.2) is 27.6 Å². The second kappa shape index (κ2) is 5.87. The second-order valence-corrected chi connectivity index (χ2v) is 6.00. The van der Waals surface area contributed by atoms with Gasteiger partial charge in [0.15, 0.2) is 0 Å². The van der Waals surface area contributed by atoms with Crippen molar-refractivity contribution in [1.82, 2.24) is 9.88 Å². The highest BCUT2D eigenvalue weighted by atomic mass is 35.5. The summed E-state index contributed by atoms with van der Waals surface area (Å²) in [5.74, 6) is -1.32. The van der Waals surface area contributed by atoms with Gasteiger partial charge in [-0.05, 0) is 39.2 Å². The van der Waals surface area contributed by atoms with Crippen LogP contribution in [0.2, 0.25) is 5.02 Å². The Balaban J connectivity index is 2.04. The van der Waals surface area contributed by atoms with Gasteiger partial charge in [-0.15, -0.1) is 0 Å². The molecule has 20 heavy (non-hydrogen) atoms. The number of hydrogen-bond donors (Lipinski definition) is 2. The maximum absolute atomic E-state index is 12.3. The van der Waals surface area contributed by atoms with E-state index in [1.807, 2.05) is 18.4 Å². The van der Waals surface area contributed by atoms with Gasteiger partial charge in [0.1, 0.15) is 5.69 Å². The van der Waals surface area contributed by atoms with Gasteiger partial charge in [0.05, 0.1) is 10.9 Å². The van der Waals surface area contributed by atoms with Gasteiger partial charge in [0.25, 0.3) is 5.91 Å². The standard InChI is InChI=1S/C14H19ClN2O3/c1-8(2)17-7-10(15)6-12(17)13(18)16-11-4-3-9(5-11)14(19)20/h6-9,11H,3-5H2,1-2H3,(H,16,18)(H,19,20). The van der Waals surface area contributed by atoms with E-state index in [1.54, 1.807) is 12.3 Å². The van der Waals surface area contributed by atoms with E-state index >= 15 is 0 Å². The Morgan fingerprint density at radius 2 is 2.15 bits per heavy atom. The largest absolute Gasteiger partial charge is 0.481 e. The number of nitrogens with one attached hydrogen (secondary N) is 1. The lowest BCUT2D eigenvalue weighted by molar-refractivity contribution is -0.141. The average Bonchev–Trinajstić information content (AvgIpc) is 2.95. The molecule has 0 saturated heterocycles. The summed E-state index contributed by atoms with van der Waals surface area (Å²) in [6.07, 6.45) is 3.55.